The maximum Gasteiger partial charge on any atom is 0.433 e. The molecule has 37 heavy (non-hydrogen) atoms. The summed E-state index contributed by atoms with van der Waals surface area (Å²) in [5, 5.41) is 7.57. The summed E-state index contributed by atoms with van der Waals surface area (Å²) in [6.07, 6.45) is -1.05. The van der Waals surface area contributed by atoms with Gasteiger partial charge in [-0.05, 0) is 42.8 Å². The Kier molecular flexibility index (Phi) is 6.40. The number of carbonyl (C=O) groups is 2. The minimum absolute atomic E-state index is 0.138. The van der Waals surface area contributed by atoms with Gasteiger partial charge in [-0.1, -0.05) is 11.6 Å². The number of aromatic amines is 1. The predicted octanol–water partition coefficient (Wildman–Crippen LogP) is 4.61. The fourth-order valence-corrected chi connectivity index (χ4v) is 4.84. The molecule has 5 rings (SSSR count). The summed E-state index contributed by atoms with van der Waals surface area (Å²) in [5.41, 5.74) is 0.301. The molecule has 1 saturated heterocycles. The van der Waals surface area contributed by atoms with Gasteiger partial charge >= 0.3 is 6.18 Å². The van der Waals surface area contributed by atoms with E-state index in [1.54, 1.807) is 29.3 Å². The number of alkyl halides is 3. The van der Waals surface area contributed by atoms with Crippen molar-refractivity contribution in [2.45, 2.75) is 31.6 Å². The van der Waals surface area contributed by atoms with E-state index in [0.717, 1.165) is 6.07 Å². The Labute approximate surface area is 214 Å². The molecule has 0 aliphatic carbocycles. The van der Waals surface area contributed by atoms with Crippen molar-refractivity contribution in [2.24, 2.45) is 0 Å². The Morgan fingerprint density at radius 3 is 2.65 bits per heavy atom. The standard InChI is InChI=1S/C25H22ClF3N6O2/c1-13(36)35-11-15(9-16(12-35)33-24(37)18-5-7-31-23-17(18)4-6-30-23)32-21-10-22(25(27,28)29)34-20-3-2-14(26)8-19(20)21/h2-8,10,15-16H,9,11-12H2,1H3,(H,30,31)(H,32,34)(H,33,37)/t15-,16+/m1/s1. The van der Waals surface area contributed by atoms with E-state index >= 15 is 0 Å². The number of hydrogen-bond acceptors (Lipinski definition) is 5. The van der Waals surface area contributed by atoms with E-state index in [4.69, 9.17) is 11.6 Å². The molecule has 8 nitrogen and oxygen atoms in total. The molecule has 2 atom stereocenters. The zero-order chi connectivity index (χ0) is 26.3. The van der Waals surface area contributed by atoms with E-state index < -0.39 is 24.0 Å². The molecule has 1 aliphatic heterocycles. The van der Waals surface area contributed by atoms with Gasteiger partial charge in [0.2, 0.25) is 5.91 Å². The Hall–Kier alpha value is -3.86. The second-order valence-corrected chi connectivity index (χ2v) is 9.42. The number of hydrogen-bond donors (Lipinski definition) is 3. The van der Waals surface area contributed by atoms with Gasteiger partial charge in [0.05, 0.1) is 11.1 Å². The molecule has 1 aliphatic rings. The number of benzene rings is 1. The molecule has 0 unspecified atom stereocenters. The van der Waals surface area contributed by atoms with Crippen molar-refractivity contribution < 1.29 is 22.8 Å². The lowest BCUT2D eigenvalue weighted by Crippen LogP contribution is -2.55. The first-order chi connectivity index (χ1) is 17.6. The smallest absolute Gasteiger partial charge is 0.380 e. The van der Waals surface area contributed by atoms with Gasteiger partial charge < -0.3 is 20.5 Å². The monoisotopic (exact) mass is 530 g/mol. The lowest BCUT2D eigenvalue weighted by molar-refractivity contribution is -0.140. The second-order valence-electron chi connectivity index (χ2n) is 8.98. The van der Waals surface area contributed by atoms with Crippen molar-refractivity contribution in [3.8, 4) is 0 Å². The third-order valence-electron chi connectivity index (χ3n) is 6.36. The third-order valence-corrected chi connectivity index (χ3v) is 6.59. The average Bonchev–Trinajstić information content (AvgIpc) is 3.32. The lowest BCUT2D eigenvalue weighted by atomic mass is 9.99. The lowest BCUT2D eigenvalue weighted by Gasteiger charge is -2.38. The maximum absolute atomic E-state index is 13.6. The molecule has 1 aromatic carbocycles. The number of halogens is 4. The fourth-order valence-electron chi connectivity index (χ4n) is 4.67. The molecule has 2 amide bonds. The van der Waals surface area contributed by atoms with Crippen molar-refractivity contribution in [1.29, 1.82) is 0 Å². The van der Waals surface area contributed by atoms with Crippen LogP contribution in [0.25, 0.3) is 21.9 Å². The Bertz CT molecular complexity index is 1510. The van der Waals surface area contributed by atoms with E-state index in [-0.39, 0.29) is 36.1 Å². The molecule has 0 bridgehead atoms. The molecule has 0 spiro atoms. The molecule has 3 N–H and O–H groups in total. The van der Waals surface area contributed by atoms with Gasteiger partial charge in [-0.25, -0.2) is 9.97 Å². The first kappa shape index (κ1) is 24.8. The second kappa shape index (κ2) is 9.55. The average molecular weight is 531 g/mol. The summed E-state index contributed by atoms with van der Waals surface area (Å²) in [6.45, 7) is 1.94. The number of nitrogens with one attached hydrogen (secondary N) is 3. The zero-order valence-corrected chi connectivity index (χ0v) is 20.3. The fraction of sp³-hybridized carbons (Fsp3) is 0.280. The molecule has 0 radical (unpaired) electrons. The molecule has 1 fully saturated rings. The number of likely N-dealkylation sites (tertiary alicyclic amines) is 1. The normalized spacial score (nSPS) is 18.2. The molecule has 12 heteroatoms. The SMILES string of the molecule is CC(=O)N1C[C@@H](NC(=O)c2ccnc3[nH]ccc23)C[C@@H](Nc2cc(C(F)(F)F)nc3ccc(Cl)cc23)C1. The number of anilines is 1. The van der Waals surface area contributed by atoms with Crippen LogP contribution in [-0.2, 0) is 11.0 Å². The predicted molar refractivity (Wildman–Crippen MR) is 133 cm³/mol. The number of H-pyrrole nitrogens is 1. The van der Waals surface area contributed by atoms with Crippen LogP contribution in [0.4, 0.5) is 18.9 Å². The Balaban J connectivity index is 1.43. The van der Waals surface area contributed by atoms with Crippen LogP contribution >= 0.6 is 11.6 Å². The highest BCUT2D eigenvalue weighted by molar-refractivity contribution is 6.31. The quantitative estimate of drug-likeness (QED) is 0.357. The summed E-state index contributed by atoms with van der Waals surface area (Å²) in [4.78, 5) is 37.8. The summed E-state index contributed by atoms with van der Waals surface area (Å²) in [7, 11) is 0. The first-order valence-electron chi connectivity index (χ1n) is 11.5. The van der Waals surface area contributed by atoms with Crippen LogP contribution in [0.2, 0.25) is 5.02 Å². The van der Waals surface area contributed by atoms with Gasteiger partial charge in [0, 0.05) is 66.0 Å². The largest absolute Gasteiger partial charge is 0.433 e. The molecule has 4 heterocycles. The topological polar surface area (TPSA) is 103 Å². The van der Waals surface area contributed by atoms with Crippen LogP contribution in [-0.4, -0.2) is 56.8 Å². The number of rotatable bonds is 4. The minimum atomic E-state index is -4.65. The van der Waals surface area contributed by atoms with Gasteiger partial charge in [-0.2, -0.15) is 13.2 Å². The van der Waals surface area contributed by atoms with Crippen LogP contribution < -0.4 is 10.6 Å². The molecular weight excluding hydrogens is 509 g/mol. The first-order valence-corrected chi connectivity index (χ1v) is 11.9. The van der Waals surface area contributed by atoms with Crippen molar-refractivity contribution in [3.63, 3.8) is 0 Å². The van der Waals surface area contributed by atoms with E-state index in [2.05, 4.69) is 25.6 Å². The molecule has 0 saturated carbocycles. The number of pyridine rings is 2. The molecule has 192 valence electrons. The number of fused-ring (bicyclic) bond motifs is 2. The van der Waals surface area contributed by atoms with Crippen molar-refractivity contribution >= 4 is 51.0 Å². The zero-order valence-electron chi connectivity index (χ0n) is 19.6. The Morgan fingerprint density at radius 1 is 1.11 bits per heavy atom. The van der Waals surface area contributed by atoms with Gasteiger partial charge in [0.25, 0.3) is 5.91 Å². The maximum atomic E-state index is 13.6. The number of carbonyl (C=O) groups excluding carboxylic acids is 2. The molecule has 3 aromatic heterocycles. The van der Waals surface area contributed by atoms with Crippen LogP contribution in [0.3, 0.4) is 0 Å². The van der Waals surface area contributed by atoms with Crippen molar-refractivity contribution in [1.82, 2.24) is 25.2 Å². The highest BCUT2D eigenvalue weighted by Gasteiger charge is 2.35. The number of nitrogens with zero attached hydrogens (tertiary/aromatic N) is 3. The highest BCUT2D eigenvalue weighted by atomic mass is 35.5. The van der Waals surface area contributed by atoms with Crippen LogP contribution in [0.15, 0.2) is 48.8 Å². The molecule has 4 aromatic rings. The minimum Gasteiger partial charge on any atom is -0.380 e. The van der Waals surface area contributed by atoms with E-state index in [1.165, 1.54) is 25.3 Å². The summed E-state index contributed by atoms with van der Waals surface area (Å²) in [5.74, 6) is -0.539. The van der Waals surface area contributed by atoms with Gasteiger partial charge in [-0.3, -0.25) is 9.59 Å². The van der Waals surface area contributed by atoms with E-state index in [9.17, 15) is 22.8 Å². The summed E-state index contributed by atoms with van der Waals surface area (Å²) >= 11 is 6.11. The number of amides is 2. The number of aromatic nitrogens is 3. The number of piperidine rings is 1. The van der Waals surface area contributed by atoms with Crippen molar-refractivity contribution in [3.05, 3.63) is 65.1 Å². The van der Waals surface area contributed by atoms with Crippen LogP contribution in [0.5, 0.6) is 0 Å². The van der Waals surface area contributed by atoms with Crippen molar-refractivity contribution in [2.75, 3.05) is 18.4 Å². The summed E-state index contributed by atoms with van der Waals surface area (Å²) in [6, 6.07) is 7.87. The van der Waals surface area contributed by atoms with E-state index in [1.807, 2.05) is 0 Å². The summed E-state index contributed by atoms with van der Waals surface area (Å²) < 4.78 is 40.7. The van der Waals surface area contributed by atoms with Gasteiger partial charge in [0.15, 0.2) is 0 Å². The van der Waals surface area contributed by atoms with Gasteiger partial charge in [-0.15, -0.1) is 0 Å². The van der Waals surface area contributed by atoms with Crippen LogP contribution in [0, 0.1) is 0 Å². The van der Waals surface area contributed by atoms with E-state index in [0.29, 0.717) is 33.4 Å². The Morgan fingerprint density at radius 2 is 1.89 bits per heavy atom. The molecular formula is C25H22ClF3N6O2. The van der Waals surface area contributed by atoms with Crippen LogP contribution in [0.1, 0.15) is 29.4 Å². The third kappa shape index (κ3) is 5.17. The van der Waals surface area contributed by atoms with Gasteiger partial charge in [0.1, 0.15) is 11.3 Å². The highest BCUT2D eigenvalue weighted by Crippen LogP contribution is 2.35.